The zero-order valence-corrected chi connectivity index (χ0v) is 17.6. The molecule has 1 aromatic carbocycles. The summed E-state index contributed by atoms with van der Waals surface area (Å²) in [6.07, 6.45) is -3.51. The second-order valence-electron chi connectivity index (χ2n) is 7.29. The van der Waals surface area contributed by atoms with Gasteiger partial charge in [0.25, 0.3) is 0 Å². The van der Waals surface area contributed by atoms with E-state index >= 15 is 0 Å². The van der Waals surface area contributed by atoms with Gasteiger partial charge in [-0.05, 0) is 37.5 Å². The van der Waals surface area contributed by atoms with Crippen LogP contribution in [-0.4, -0.2) is 55.9 Å². The van der Waals surface area contributed by atoms with Crippen LogP contribution in [0, 0.1) is 11.8 Å². The summed E-state index contributed by atoms with van der Waals surface area (Å²) < 4.78 is 66.4. The summed E-state index contributed by atoms with van der Waals surface area (Å²) in [5.41, 5.74) is 0. The Morgan fingerprint density at radius 2 is 1.79 bits per heavy atom. The van der Waals surface area contributed by atoms with Gasteiger partial charge in [0.15, 0.2) is 0 Å². The third-order valence-electron chi connectivity index (χ3n) is 5.47. The Kier molecular flexibility index (Phi) is 6.41. The van der Waals surface area contributed by atoms with E-state index in [0.717, 1.165) is 0 Å². The van der Waals surface area contributed by atoms with Crippen molar-refractivity contribution in [3.63, 3.8) is 0 Å². The highest BCUT2D eigenvalue weighted by molar-refractivity contribution is 9.10. The lowest BCUT2D eigenvalue weighted by Crippen LogP contribution is -2.52. The lowest BCUT2D eigenvalue weighted by molar-refractivity contribution is -0.187. The highest BCUT2D eigenvalue weighted by Crippen LogP contribution is 2.40. The van der Waals surface area contributed by atoms with E-state index in [4.69, 9.17) is 0 Å². The molecule has 0 radical (unpaired) electrons. The van der Waals surface area contributed by atoms with Crippen molar-refractivity contribution in [2.24, 2.45) is 11.8 Å². The van der Waals surface area contributed by atoms with Crippen LogP contribution in [0.2, 0.25) is 0 Å². The van der Waals surface area contributed by atoms with Crippen molar-refractivity contribution in [2.45, 2.75) is 36.8 Å². The summed E-state index contributed by atoms with van der Waals surface area (Å²) >= 11 is 3.25. The number of sulfonamides is 1. The Morgan fingerprint density at radius 1 is 1.11 bits per heavy atom. The molecule has 1 heterocycles. The molecule has 0 bridgehead atoms. The van der Waals surface area contributed by atoms with E-state index in [-0.39, 0.29) is 49.8 Å². The maximum Gasteiger partial charge on any atom is 0.391 e. The van der Waals surface area contributed by atoms with Gasteiger partial charge >= 0.3 is 6.18 Å². The largest absolute Gasteiger partial charge is 0.391 e. The van der Waals surface area contributed by atoms with E-state index in [1.54, 1.807) is 12.1 Å². The average molecular weight is 483 g/mol. The summed E-state index contributed by atoms with van der Waals surface area (Å²) in [5, 5.41) is 0. The number of carbonyl (C=O) groups excluding carboxylic acids is 1. The Hall–Kier alpha value is -1.13. The molecular weight excluding hydrogens is 461 g/mol. The molecule has 3 rings (SSSR count). The number of halogens is 4. The summed E-state index contributed by atoms with van der Waals surface area (Å²) in [4.78, 5) is 14.4. The second-order valence-corrected chi connectivity index (χ2v) is 10.1. The summed E-state index contributed by atoms with van der Waals surface area (Å²) in [6.45, 7) is 0.657. The van der Waals surface area contributed by atoms with E-state index in [1.165, 1.54) is 21.3 Å². The van der Waals surface area contributed by atoms with Gasteiger partial charge in [-0.2, -0.15) is 17.5 Å². The second kappa shape index (κ2) is 8.31. The maximum absolute atomic E-state index is 13.0. The molecule has 156 valence electrons. The molecule has 28 heavy (non-hydrogen) atoms. The van der Waals surface area contributed by atoms with Gasteiger partial charge < -0.3 is 4.90 Å². The number of rotatable bonds is 3. The van der Waals surface area contributed by atoms with Crippen molar-refractivity contribution < 1.29 is 26.4 Å². The van der Waals surface area contributed by atoms with Crippen LogP contribution in [0.4, 0.5) is 13.2 Å². The minimum atomic E-state index is -4.27. The van der Waals surface area contributed by atoms with Crippen molar-refractivity contribution in [1.82, 2.24) is 9.21 Å². The van der Waals surface area contributed by atoms with Gasteiger partial charge in [-0.15, -0.1) is 0 Å². The first-order valence-corrected chi connectivity index (χ1v) is 11.4. The summed E-state index contributed by atoms with van der Waals surface area (Å²) in [5.74, 6) is -2.34. The van der Waals surface area contributed by atoms with Gasteiger partial charge in [0.05, 0.1) is 10.8 Å². The van der Waals surface area contributed by atoms with Gasteiger partial charge in [0, 0.05) is 36.6 Å². The highest BCUT2D eigenvalue weighted by Gasteiger charge is 2.44. The monoisotopic (exact) mass is 482 g/mol. The van der Waals surface area contributed by atoms with Crippen LogP contribution in [0.15, 0.2) is 33.6 Å². The molecule has 0 aromatic heterocycles. The van der Waals surface area contributed by atoms with Crippen molar-refractivity contribution in [1.29, 1.82) is 0 Å². The maximum atomic E-state index is 13.0. The lowest BCUT2D eigenvalue weighted by atomic mass is 9.80. The first-order chi connectivity index (χ1) is 13.1. The van der Waals surface area contributed by atoms with E-state index in [0.29, 0.717) is 17.3 Å². The number of piperazine rings is 1. The fourth-order valence-electron chi connectivity index (χ4n) is 3.89. The Labute approximate surface area is 171 Å². The predicted octanol–water partition coefficient (Wildman–Crippen LogP) is 3.65. The molecule has 5 nitrogen and oxygen atoms in total. The minimum Gasteiger partial charge on any atom is -0.340 e. The van der Waals surface area contributed by atoms with Gasteiger partial charge in [0.2, 0.25) is 15.9 Å². The minimum absolute atomic E-state index is 0.0753. The molecular formula is C18H22BrF3N2O3S. The number of hydrogen-bond donors (Lipinski definition) is 0. The van der Waals surface area contributed by atoms with Crippen LogP contribution in [0.25, 0.3) is 0 Å². The number of benzene rings is 1. The first kappa shape index (κ1) is 21.6. The van der Waals surface area contributed by atoms with Gasteiger partial charge in [0.1, 0.15) is 0 Å². The molecule has 1 aromatic rings. The molecule has 2 aliphatic rings. The van der Waals surface area contributed by atoms with Gasteiger partial charge in [-0.3, -0.25) is 4.79 Å². The molecule has 2 fully saturated rings. The molecule has 1 saturated heterocycles. The highest BCUT2D eigenvalue weighted by atomic mass is 79.9. The standard InChI is InChI=1S/C18H22BrF3N2O3S/c19-15-5-2-6-16(12-15)28(26,27)24-9-7-23(8-10-24)17(25)13-3-1-4-14(11-13)18(20,21)22/h2,5-6,12-14H,1,3-4,7-11H2. The molecule has 1 amide bonds. The molecule has 10 heteroatoms. The van der Waals surface area contributed by atoms with Crippen LogP contribution >= 0.6 is 15.9 Å². The quantitative estimate of drug-likeness (QED) is 0.660. The molecule has 1 aliphatic heterocycles. The smallest absolute Gasteiger partial charge is 0.340 e. The van der Waals surface area contributed by atoms with E-state index in [9.17, 15) is 26.4 Å². The third-order valence-corrected chi connectivity index (χ3v) is 7.86. The molecule has 1 saturated carbocycles. The van der Waals surface area contributed by atoms with Crippen molar-refractivity contribution in [2.75, 3.05) is 26.2 Å². The fraction of sp³-hybridized carbons (Fsp3) is 0.611. The third kappa shape index (κ3) is 4.71. The summed E-state index contributed by atoms with van der Waals surface area (Å²) in [7, 11) is -3.67. The average Bonchev–Trinajstić information content (AvgIpc) is 2.67. The molecule has 0 N–H and O–H groups in total. The SMILES string of the molecule is O=C(C1CCCC(C(F)(F)F)C1)N1CCN(S(=O)(=O)c2cccc(Br)c2)CC1. The Bertz CT molecular complexity index is 824. The number of hydrogen-bond acceptors (Lipinski definition) is 3. The van der Waals surface area contributed by atoms with Crippen LogP contribution in [-0.2, 0) is 14.8 Å². The first-order valence-electron chi connectivity index (χ1n) is 9.20. The Balaban J connectivity index is 1.61. The number of alkyl halides is 3. The van der Waals surface area contributed by atoms with Gasteiger partial charge in [-0.1, -0.05) is 28.4 Å². The zero-order valence-electron chi connectivity index (χ0n) is 15.2. The van der Waals surface area contributed by atoms with Gasteiger partial charge in [-0.25, -0.2) is 8.42 Å². The zero-order chi connectivity index (χ0) is 20.5. The van der Waals surface area contributed by atoms with E-state index < -0.39 is 28.0 Å². The van der Waals surface area contributed by atoms with Crippen molar-refractivity contribution in [3.05, 3.63) is 28.7 Å². The molecule has 2 atom stereocenters. The molecule has 1 aliphatic carbocycles. The fourth-order valence-corrected chi connectivity index (χ4v) is 5.91. The van der Waals surface area contributed by atoms with Crippen LogP contribution in [0.1, 0.15) is 25.7 Å². The predicted molar refractivity (Wildman–Crippen MR) is 101 cm³/mol. The molecule has 2 unspecified atom stereocenters. The Morgan fingerprint density at radius 3 is 2.39 bits per heavy atom. The van der Waals surface area contributed by atoms with Crippen molar-refractivity contribution >= 4 is 31.9 Å². The van der Waals surface area contributed by atoms with Crippen LogP contribution in [0.5, 0.6) is 0 Å². The normalized spacial score (nSPS) is 24.9. The number of carbonyl (C=O) groups is 1. The van der Waals surface area contributed by atoms with Crippen molar-refractivity contribution in [3.8, 4) is 0 Å². The number of amides is 1. The van der Waals surface area contributed by atoms with E-state index in [2.05, 4.69) is 15.9 Å². The van der Waals surface area contributed by atoms with E-state index in [1.807, 2.05) is 0 Å². The van der Waals surface area contributed by atoms with Crippen LogP contribution in [0.3, 0.4) is 0 Å². The lowest BCUT2D eigenvalue weighted by Gasteiger charge is -2.38. The number of nitrogens with zero attached hydrogens (tertiary/aromatic N) is 2. The topological polar surface area (TPSA) is 57.7 Å². The van der Waals surface area contributed by atoms with Crippen LogP contribution < -0.4 is 0 Å². The molecule has 0 spiro atoms. The summed E-state index contributed by atoms with van der Waals surface area (Å²) in [6, 6.07) is 6.40.